The van der Waals surface area contributed by atoms with E-state index in [1.807, 2.05) is 42.2 Å². The zero-order valence-electron chi connectivity index (χ0n) is 17.6. The van der Waals surface area contributed by atoms with Crippen LogP contribution in [0, 0.1) is 6.92 Å². The van der Waals surface area contributed by atoms with E-state index in [1.54, 1.807) is 20.8 Å². The lowest BCUT2D eigenvalue weighted by Gasteiger charge is -2.23. The summed E-state index contributed by atoms with van der Waals surface area (Å²) < 4.78 is 5.28. The van der Waals surface area contributed by atoms with Gasteiger partial charge in [0.05, 0.1) is 24.1 Å². The van der Waals surface area contributed by atoms with Gasteiger partial charge in [0.2, 0.25) is 0 Å². The van der Waals surface area contributed by atoms with Crippen molar-refractivity contribution in [1.29, 1.82) is 0 Å². The number of nitrogens with one attached hydrogen (secondary N) is 1. The number of H-pyrrole nitrogens is 1. The first-order chi connectivity index (χ1) is 14.3. The molecule has 0 fully saturated rings. The van der Waals surface area contributed by atoms with Crippen molar-refractivity contribution in [1.82, 2.24) is 14.9 Å². The lowest BCUT2D eigenvalue weighted by molar-refractivity contribution is 0.0383. The number of aliphatic hydroxyl groups excluding tert-OH is 1. The van der Waals surface area contributed by atoms with Crippen molar-refractivity contribution in [2.75, 3.05) is 13.1 Å². The number of likely N-dealkylation sites (N-methyl/N-ethyl adjacent to an activating group) is 1. The molecule has 1 aromatic carbocycles. The van der Waals surface area contributed by atoms with E-state index in [-0.39, 0.29) is 11.7 Å². The molecule has 0 aliphatic heterocycles. The van der Waals surface area contributed by atoms with Gasteiger partial charge >= 0.3 is 5.97 Å². The quantitative estimate of drug-likeness (QED) is 0.533. The van der Waals surface area contributed by atoms with Crippen LogP contribution in [0.3, 0.4) is 0 Å². The van der Waals surface area contributed by atoms with Crippen molar-refractivity contribution >= 4 is 27.5 Å². The highest BCUT2D eigenvalue weighted by atomic mass is 32.1. The maximum atomic E-state index is 12.7. The smallest absolute Gasteiger partial charge is 0.348 e. The minimum Gasteiger partial charge on any atom is -0.459 e. The third-order valence-corrected chi connectivity index (χ3v) is 5.98. The van der Waals surface area contributed by atoms with Gasteiger partial charge in [0, 0.05) is 6.54 Å². The first kappa shape index (κ1) is 22.1. The molecule has 1 unspecified atom stereocenters. The van der Waals surface area contributed by atoms with Crippen LogP contribution in [0.5, 0.6) is 0 Å². The summed E-state index contributed by atoms with van der Waals surface area (Å²) in [5, 5.41) is 10.9. The molecule has 0 saturated carbocycles. The number of ether oxygens (including phenoxy) is 1. The zero-order chi connectivity index (χ0) is 21.8. The van der Waals surface area contributed by atoms with Gasteiger partial charge in [-0.25, -0.2) is 9.78 Å². The molecule has 7 nitrogen and oxygen atoms in total. The number of rotatable bonds is 8. The molecule has 0 bridgehead atoms. The number of aromatic amines is 1. The van der Waals surface area contributed by atoms with Crippen molar-refractivity contribution in [3.05, 3.63) is 62.5 Å². The molecule has 30 heavy (non-hydrogen) atoms. The Morgan fingerprint density at radius 2 is 2.00 bits per heavy atom. The summed E-state index contributed by atoms with van der Waals surface area (Å²) in [7, 11) is 0. The van der Waals surface area contributed by atoms with Gasteiger partial charge in [-0.1, -0.05) is 37.3 Å². The van der Waals surface area contributed by atoms with E-state index in [0.29, 0.717) is 46.1 Å². The third-order valence-electron chi connectivity index (χ3n) is 4.81. The van der Waals surface area contributed by atoms with Crippen molar-refractivity contribution < 1.29 is 14.6 Å². The predicted molar refractivity (Wildman–Crippen MR) is 118 cm³/mol. The predicted octanol–water partition coefficient (Wildman–Crippen LogP) is 3.41. The average molecular weight is 430 g/mol. The molecule has 3 rings (SSSR count). The van der Waals surface area contributed by atoms with Crippen molar-refractivity contribution in [2.24, 2.45) is 0 Å². The van der Waals surface area contributed by atoms with Gasteiger partial charge in [0.15, 0.2) is 0 Å². The summed E-state index contributed by atoms with van der Waals surface area (Å²) in [5.41, 5.74) is 1.16. The number of aliphatic hydroxyl groups is 1. The van der Waals surface area contributed by atoms with Crippen LogP contribution in [0.15, 0.2) is 35.1 Å². The first-order valence-corrected chi connectivity index (χ1v) is 10.8. The number of benzene rings is 1. The van der Waals surface area contributed by atoms with Crippen molar-refractivity contribution in [3.8, 4) is 0 Å². The monoisotopic (exact) mass is 429 g/mol. The minimum absolute atomic E-state index is 0.238. The van der Waals surface area contributed by atoms with Crippen LogP contribution in [0.1, 0.15) is 53.5 Å². The fourth-order valence-electron chi connectivity index (χ4n) is 3.27. The lowest BCUT2D eigenvalue weighted by atomic mass is 10.1. The molecule has 160 valence electrons. The molecule has 0 aliphatic rings. The van der Waals surface area contributed by atoms with Gasteiger partial charge in [-0.05, 0) is 38.4 Å². The maximum absolute atomic E-state index is 12.7. The van der Waals surface area contributed by atoms with Crippen LogP contribution < -0.4 is 5.56 Å². The molecule has 0 aliphatic carbocycles. The topological polar surface area (TPSA) is 95.5 Å². The second-order valence-corrected chi connectivity index (χ2v) is 8.46. The van der Waals surface area contributed by atoms with Crippen molar-refractivity contribution in [3.63, 3.8) is 0 Å². The first-order valence-electron chi connectivity index (χ1n) is 9.98. The number of hydrogen-bond donors (Lipinski definition) is 2. The van der Waals surface area contributed by atoms with E-state index in [1.165, 1.54) is 11.3 Å². The van der Waals surface area contributed by atoms with Gasteiger partial charge < -0.3 is 14.8 Å². The molecule has 3 aromatic rings. The largest absolute Gasteiger partial charge is 0.459 e. The van der Waals surface area contributed by atoms with Crippen LogP contribution in [0.25, 0.3) is 10.2 Å². The Kier molecular flexibility index (Phi) is 7.02. The van der Waals surface area contributed by atoms with Crippen molar-refractivity contribution in [2.45, 2.75) is 46.4 Å². The Hall–Kier alpha value is -2.55. The molecule has 1 atom stereocenters. The van der Waals surface area contributed by atoms with Gasteiger partial charge in [0.25, 0.3) is 5.56 Å². The molecule has 2 aromatic heterocycles. The highest BCUT2D eigenvalue weighted by Gasteiger charge is 2.22. The second-order valence-electron chi connectivity index (χ2n) is 7.46. The molecule has 0 spiro atoms. The molecule has 0 radical (unpaired) electrons. The Balaban J connectivity index is 1.83. The van der Waals surface area contributed by atoms with E-state index >= 15 is 0 Å². The van der Waals surface area contributed by atoms with Gasteiger partial charge in [-0.2, -0.15) is 0 Å². The summed E-state index contributed by atoms with van der Waals surface area (Å²) in [5.74, 6) is 0.0623. The highest BCUT2D eigenvalue weighted by Crippen LogP contribution is 2.28. The number of hydrogen-bond acceptors (Lipinski definition) is 7. The summed E-state index contributed by atoms with van der Waals surface area (Å²) in [6.45, 7) is 8.78. The van der Waals surface area contributed by atoms with E-state index in [0.717, 1.165) is 5.56 Å². The Morgan fingerprint density at radius 1 is 1.30 bits per heavy atom. The summed E-state index contributed by atoms with van der Waals surface area (Å²) in [6, 6.07) is 9.46. The van der Waals surface area contributed by atoms with Crippen LogP contribution in [0.2, 0.25) is 0 Å². The van der Waals surface area contributed by atoms with Gasteiger partial charge in [-0.3, -0.25) is 9.69 Å². The Morgan fingerprint density at radius 3 is 2.63 bits per heavy atom. The van der Waals surface area contributed by atoms with Crippen LogP contribution in [0.4, 0.5) is 0 Å². The Bertz CT molecular complexity index is 1080. The number of thiophene rings is 1. The number of carbonyl (C=O) groups excluding carboxylic acids is 1. The van der Waals surface area contributed by atoms with Crippen LogP contribution in [-0.2, 0) is 11.3 Å². The molecule has 0 saturated heterocycles. The van der Waals surface area contributed by atoms with E-state index < -0.39 is 12.1 Å². The second kappa shape index (κ2) is 9.51. The van der Waals surface area contributed by atoms with Gasteiger partial charge in [0.1, 0.15) is 15.5 Å². The molecular weight excluding hydrogens is 402 g/mol. The van der Waals surface area contributed by atoms with Gasteiger partial charge in [-0.15, -0.1) is 11.3 Å². The standard InChI is InChI=1S/C22H27N3O4S/c1-5-25(11-16(26)15-9-7-6-8-10-15)12-17-23-20(27)18-14(4)19(30-21(18)24-17)22(28)29-13(2)3/h6-10,13,16,26H,5,11-12H2,1-4H3,(H,23,24,27). The van der Waals surface area contributed by atoms with Crippen LogP contribution >= 0.6 is 11.3 Å². The minimum atomic E-state index is -0.636. The lowest BCUT2D eigenvalue weighted by Crippen LogP contribution is -2.30. The third kappa shape index (κ3) is 4.95. The highest BCUT2D eigenvalue weighted by molar-refractivity contribution is 7.20. The normalized spacial score (nSPS) is 12.6. The number of esters is 1. The molecular formula is C22H27N3O4S. The van der Waals surface area contributed by atoms with Crippen LogP contribution in [-0.4, -0.2) is 45.1 Å². The SMILES string of the molecule is CCN(Cc1nc2sc(C(=O)OC(C)C)c(C)c2c(=O)[nH]1)CC(O)c1ccccc1. The molecule has 0 amide bonds. The number of nitrogens with zero attached hydrogens (tertiary/aromatic N) is 2. The fraction of sp³-hybridized carbons (Fsp3) is 0.409. The zero-order valence-corrected chi connectivity index (χ0v) is 18.5. The number of carbonyl (C=O) groups is 1. The molecule has 8 heteroatoms. The number of fused-ring (bicyclic) bond motifs is 1. The number of aromatic nitrogens is 2. The molecule has 2 heterocycles. The summed E-state index contributed by atoms with van der Waals surface area (Å²) in [4.78, 5) is 35.4. The van der Waals surface area contributed by atoms with E-state index in [4.69, 9.17) is 4.74 Å². The van der Waals surface area contributed by atoms with E-state index in [2.05, 4.69) is 9.97 Å². The summed E-state index contributed by atoms with van der Waals surface area (Å²) in [6.07, 6.45) is -0.874. The van der Waals surface area contributed by atoms with E-state index in [9.17, 15) is 14.7 Å². The Labute approximate surface area is 179 Å². The number of aryl methyl sites for hydroxylation is 1. The fourth-order valence-corrected chi connectivity index (χ4v) is 4.35. The maximum Gasteiger partial charge on any atom is 0.348 e. The molecule has 2 N–H and O–H groups in total. The summed E-state index contributed by atoms with van der Waals surface area (Å²) >= 11 is 1.17. The average Bonchev–Trinajstić information content (AvgIpc) is 3.04.